The number of nitrogens with two attached hydrogens (primary N) is 1. The van der Waals surface area contributed by atoms with Crippen molar-refractivity contribution in [1.82, 2.24) is 9.55 Å². The molecule has 0 saturated heterocycles. The van der Waals surface area contributed by atoms with E-state index < -0.39 is 0 Å². The molecule has 3 nitrogen and oxygen atoms in total. The second-order valence-corrected chi connectivity index (χ2v) is 5.11. The van der Waals surface area contributed by atoms with Crippen LogP contribution in [0.5, 0.6) is 0 Å². The van der Waals surface area contributed by atoms with Crippen LogP contribution in [0.4, 0.5) is 0 Å². The zero-order valence-electron chi connectivity index (χ0n) is 10.0. The van der Waals surface area contributed by atoms with Gasteiger partial charge in [0.2, 0.25) is 0 Å². The fourth-order valence-electron chi connectivity index (χ4n) is 1.92. The Balaban J connectivity index is 2.44. The molecule has 2 aromatic rings. The summed E-state index contributed by atoms with van der Waals surface area (Å²) in [5.74, 6) is 0.927. The van der Waals surface area contributed by atoms with Gasteiger partial charge in [-0.1, -0.05) is 18.2 Å². The van der Waals surface area contributed by atoms with E-state index in [1.54, 1.807) is 6.20 Å². The Morgan fingerprint density at radius 2 is 2.24 bits per heavy atom. The molecule has 90 valence electrons. The van der Waals surface area contributed by atoms with Gasteiger partial charge in [0.25, 0.3) is 0 Å². The Bertz CT molecular complexity index is 519. The van der Waals surface area contributed by atoms with Crippen LogP contribution in [0, 0.1) is 10.5 Å². The van der Waals surface area contributed by atoms with E-state index >= 15 is 0 Å². The number of aromatic nitrogens is 2. The normalized spacial score (nSPS) is 12.7. The van der Waals surface area contributed by atoms with E-state index in [2.05, 4.69) is 58.1 Å². The van der Waals surface area contributed by atoms with Crippen LogP contribution in [0.2, 0.25) is 0 Å². The van der Waals surface area contributed by atoms with Crippen molar-refractivity contribution in [2.75, 3.05) is 0 Å². The first-order valence-corrected chi connectivity index (χ1v) is 6.74. The SMILES string of the molecule is CCn1ccnc1C(N)c1cccc(C)c1I. The summed E-state index contributed by atoms with van der Waals surface area (Å²) in [7, 11) is 0. The lowest BCUT2D eigenvalue weighted by atomic mass is 10.0. The van der Waals surface area contributed by atoms with Gasteiger partial charge in [-0.05, 0) is 47.6 Å². The Hall–Kier alpha value is -0.880. The highest BCUT2D eigenvalue weighted by Gasteiger charge is 2.17. The van der Waals surface area contributed by atoms with Crippen molar-refractivity contribution in [1.29, 1.82) is 0 Å². The molecule has 0 aliphatic carbocycles. The van der Waals surface area contributed by atoms with Gasteiger partial charge in [0, 0.05) is 22.5 Å². The maximum Gasteiger partial charge on any atom is 0.130 e. The fraction of sp³-hybridized carbons (Fsp3) is 0.308. The zero-order chi connectivity index (χ0) is 12.4. The second-order valence-electron chi connectivity index (χ2n) is 4.03. The Morgan fingerprint density at radius 1 is 1.47 bits per heavy atom. The lowest BCUT2D eigenvalue weighted by molar-refractivity contribution is 0.655. The molecule has 1 atom stereocenters. The first-order valence-electron chi connectivity index (χ1n) is 5.66. The van der Waals surface area contributed by atoms with E-state index in [1.165, 1.54) is 9.13 Å². The number of hydrogen-bond acceptors (Lipinski definition) is 2. The highest BCUT2D eigenvalue weighted by Crippen LogP contribution is 2.25. The van der Waals surface area contributed by atoms with E-state index in [9.17, 15) is 0 Å². The lowest BCUT2D eigenvalue weighted by Gasteiger charge is -2.16. The van der Waals surface area contributed by atoms with Crippen molar-refractivity contribution >= 4 is 22.6 Å². The van der Waals surface area contributed by atoms with Crippen molar-refractivity contribution in [3.63, 3.8) is 0 Å². The van der Waals surface area contributed by atoms with Crippen LogP contribution in [0.15, 0.2) is 30.6 Å². The molecule has 17 heavy (non-hydrogen) atoms. The Kier molecular flexibility index (Phi) is 3.83. The molecule has 0 aliphatic heterocycles. The summed E-state index contributed by atoms with van der Waals surface area (Å²) >= 11 is 2.35. The minimum atomic E-state index is -0.156. The molecule has 1 heterocycles. The fourth-order valence-corrected chi connectivity index (χ4v) is 2.61. The maximum atomic E-state index is 6.32. The van der Waals surface area contributed by atoms with Crippen LogP contribution in [0.25, 0.3) is 0 Å². The van der Waals surface area contributed by atoms with Crippen LogP contribution in [0.1, 0.15) is 29.9 Å². The van der Waals surface area contributed by atoms with E-state index in [0.717, 1.165) is 17.9 Å². The summed E-state index contributed by atoms with van der Waals surface area (Å²) in [5, 5.41) is 0. The summed E-state index contributed by atoms with van der Waals surface area (Å²) in [6.07, 6.45) is 3.78. The minimum absolute atomic E-state index is 0.156. The van der Waals surface area contributed by atoms with Crippen molar-refractivity contribution in [2.45, 2.75) is 26.4 Å². The van der Waals surface area contributed by atoms with Crippen molar-refractivity contribution < 1.29 is 0 Å². The molecular weight excluding hydrogens is 325 g/mol. The molecule has 1 aromatic carbocycles. The standard InChI is InChI=1S/C13H16IN3/c1-3-17-8-7-16-13(17)12(15)10-6-4-5-9(2)11(10)14/h4-8,12H,3,15H2,1-2H3. The predicted octanol–water partition coefficient (Wildman–Crippen LogP) is 2.86. The first kappa shape index (κ1) is 12.6. The van der Waals surface area contributed by atoms with Gasteiger partial charge in [0.1, 0.15) is 5.82 Å². The van der Waals surface area contributed by atoms with Gasteiger partial charge >= 0.3 is 0 Å². The average molecular weight is 341 g/mol. The number of imidazole rings is 1. The van der Waals surface area contributed by atoms with Gasteiger partial charge < -0.3 is 10.3 Å². The molecule has 2 N–H and O–H groups in total. The second kappa shape index (κ2) is 5.18. The van der Waals surface area contributed by atoms with E-state index in [1.807, 2.05) is 12.3 Å². The summed E-state index contributed by atoms with van der Waals surface area (Å²) < 4.78 is 3.31. The minimum Gasteiger partial charge on any atom is -0.334 e. The number of aryl methyl sites for hydroxylation is 2. The topological polar surface area (TPSA) is 43.8 Å². The van der Waals surface area contributed by atoms with Gasteiger partial charge in [0.05, 0.1) is 6.04 Å². The molecule has 1 unspecified atom stereocenters. The highest BCUT2D eigenvalue weighted by molar-refractivity contribution is 14.1. The first-order chi connectivity index (χ1) is 8.15. The molecule has 0 spiro atoms. The average Bonchev–Trinajstić information content (AvgIpc) is 2.80. The number of benzene rings is 1. The van der Waals surface area contributed by atoms with Crippen LogP contribution < -0.4 is 5.73 Å². The van der Waals surface area contributed by atoms with Crippen LogP contribution in [-0.2, 0) is 6.54 Å². The summed E-state index contributed by atoms with van der Waals surface area (Å²) in [4.78, 5) is 4.37. The quantitative estimate of drug-likeness (QED) is 0.873. The molecule has 0 aliphatic rings. The maximum absolute atomic E-state index is 6.32. The molecule has 0 saturated carbocycles. The molecule has 0 fully saturated rings. The van der Waals surface area contributed by atoms with Crippen molar-refractivity contribution in [3.8, 4) is 0 Å². The summed E-state index contributed by atoms with van der Waals surface area (Å²) in [6, 6.07) is 6.07. The lowest BCUT2D eigenvalue weighted by Crippen LogP contribution is -2.18. The van der Waals surface area contributed by atoms with Crippen LogP contribution in [-0.4, -0.2) is 9.55 Å². The van der Waals surface area contributed by atoms with Crippen molar-refractivity contribution in [2.24, 2.45) is 5.73 Å². The van der Waals surface area contributed by atoms with Gasteiger partial charge in [-0.25, -0.2) is 4.98 Å². The van der Waals surface area contributed by atoms with Crippen LogP contribution in [0.3, 0.4) is 0 Å². The number of hydrogen-bond donors (Lipinski definition) is 1. The molecule has 0 bridgehead atoms. The molecule has 4 heteroatoms. The predicted molar refractivity (Wildman–Crippen MR) is 77.8 cm³/mol. The third-order valence-corrected chi connectivity index (χ3v) is 4.40. The molecule has 1 aromatic heterocycles. The number of nitrogens with zero attached hydrogens (tertiary/aromatic N) is 2. The monoisotopic (exact) mass is 341 g/mol. The third kappa shape index (κ3) is 2.37. The molecule has 2 rings (SSSR count). The smallest absolute Gasteiger partial charge is 0.130 e. The summed E-state index contributed by atoms with van der Waals surface area (Å²) in [6.45, 7) is 5.09. The van der Waals surface area contributed by atoms with Crippen LogP contribution >= 0.6 is 22.6 Å². The molecule has 0 amide bonds. The van der Waals surface area contributed by atoms with E-state index in [4.69, 9.17) is 5.73 Å². The highest BCUT2D eigenvalue weighted by atomic mass is 127. The third-order valence-electron chi connectivity index (χ3n) is 2.92. The van der Waals surface area contributed by atoms with Gasteiger partial charge in [0.15, 0.2) is 0 Å². The number of rotatable bonds is 3. The van der Waals surface area contributed by atoms with Crippen molar-refractivity contribution in [3.05, 3.63) is 51.1 Å². The van der Waals surface area contributed by atoms with Gasteiger partial charge in [-0.15, -0.1) is 0 Å². The van der Waals surface area contributed by atoms with E-state index in [-0.39, 0.29) is 6.04 Å². The summed E-state index contributed by atoms with van der Waals surface area (Å²) in [5.41, 5.74) is 8.72. The van der Waals surface area contributed by atoms with E-state index in [0.29, 0.717) is 0 Å². The Morgan fingerprint density at radius 3 is 2.94 bits per heavy atom. The molecule has 0 radical (unpaired) electrons. The zero-order valence-corrected chi connectivity index (χ0v) is 12.2. The van der Waals surface area contributed by atoms with Gasteiger partial charge in [-0.2, -0.15) is 0 Å². The Labute approximate surface area is 115 Å². The number of halogens is 1. The largest absolute Gasteiger partial charge is 0.334 e. The van der Waals surface area contributed by atoms with Gasteiger partial charge in [-0.3, -0.25) is 0 Å². The molecular formula is C13H16IN3.